The van der Waals surface area contributed by atoms with Crippen LogP contribution < -0.4 is 5.32 Å². The monoisotopic (exact) mass is 329 g/mol. The maximum Gasteiger partial charge on any atom is 0.0295 e. The standard InChI is InChI=1S/C18H20BrN/c1-13(20-12-17-5-2-3-8-18(17)19)15-10-9-14-6-4-7-16(14)11-15/h2-3,5,8-11,13,20H,4,6-7,12H2,1H3. The van der Waals surface area contributed by atoms with E-state index in [-0.39, 0.29) is 0 Å². The minimum absolute atomic E-state index is 0.382. The van der Waals surface area contributed by atoms with E-state index < -0.39 is 0 Å². The summed E-state index contributed by atoms with van der Waals surface area (Å²) in [6.07, 6.45) is 3.83. The Labute approximate surface area is 129 Å². The summed E-state index contributed by atoms with van der Waals surface area (Å²) in [5.41, 5.74) is 5.81. The molecular weight excluding hydrogens is 310 g/mol. The van der Waals surface area contributed by atoms with Crippen molar-refractivity contribution in [3.8, 4) is 0 Å². The van der Waals surface area contributed by atoms with E-state index in [2.05, 4.69) is 70.6 Å². The molecule has 0 aromatic heterocycles. The van der Waals surface area contributed by atoms with Crippen molar-refractivity contribution in [1.82, 2.24) is 5.32 Å². The summed E-state index contributed by atoms with van der Waals surface area (Å²) in [5, 5.41) is 3.62. The Morgan fingerprint density at radius 2 is 1.90 bits per heavy atom. The Morgan fingerprint density at radius 3 is 2.75 bits per heavy atom. The van der Waals surface area contributed by atoms with E-state index in [1.807, 2.05) is 0 Å². The lowest BCUT2D eigenvalue weighted by atomic mass is 10.0. The van der Waals surface area contributed by atoms with Crippen LogP contribution in [0.5, 0.6) is 0 Å². The predicted octanol–water partition coefficient (Wildman–Crippen LogP) is 4.79. The van der Waals surface area contributed by atoms with Crippen LogP contribution in [0.25, 0.3) is 0 Å². The summed E-state index contributed by atoms with van der Waals surface area (Å²) < 4.78 is 1.17. The molecule has 104 valence electrons. The normalized spacial score (nSPS) is 15.1. The first-order chi connectivity index (χ1) is 9.74. The number of halogens is 1. The van der Waals surface area contributed by atoms with E-state index in [1.165, 1.54) is 34.9 Å². The van der Waals surface area contributed by atoms with Crippen molar-refractivity contribution in [2.24, 2.45) is 0 Å². The summed E-state index contributed by atoms with van der Waals surface area (Å²) in [7, 11) is 0. The molecule has 0 saturated carbocycles. The lowest BCUT2D eigenvalue weighted by Gasteiger charge is -2.16. The van der Waals surface area contributed by atoms with Crippen LogP contribution in [-0.2, 0) is 19.4 Å². The van der Waals surface area contributed by atoms with E-state index >= 15 is 0 Å². The Bertz CT molecular complexity index is 606. The number of rotatable bonds is 4. The molecular formula is C18H20BrN. The first kappa shape index (κ1) is 13.8. The molecule has 0 amide bonds. The zero-order chi connectivity index (χ0) is 13.9. The molecule has 0 bridgehead atoms. The van der Waals surface area contributed by atoms with Gasteiger partial charge >= 0.3 is 0 Å². The Kier molecular flexibility index (Phi) is 4.23. The number of aryl methyl sites for hydroxylation is 2. The third-order valence-electron chi connectivity index (χ3n) is 4.18. The highest BCUT2D eigenvalue weighted by molar-refractivity contribution is 9.10. The first-order valence-corrected chi connectivity index (χ1v) is 8.12. The lowest BCUT2D eigenvalue weighted by molar-refractivity contribution is 0.573. The Hall–Kier alpha value is -1.12. The van der Waals surface area contributed by atoms with Crippen molar-refractivity contribution in [1.29, 1.82) is 0 Å². The third kappa shape index (κ3) is 2.97. The minimum Gasteiger partial charge on any atom is -0.306 e. The summed E-state index contributed by atoms with van der Waals surface area (Å²) >= 11 is 3.60. The van der Waals surface area contributed by atoms with Gasteiger partial charge in [-0.05, 0) is 54.5 Å². The van der Waals surface area contributed by atoms with Gasteiger partial charge < -0.3 is 5.32 Å². The molecule has 2 aromatic carbocycles. The number of hydrogen-bond donors (Lipinski definition) is 1. The van der Waals surface area contributed by atoms with Crippen LogP contribution in [0, 0.1) is 0 Å². The second-order valence-electron chi connectivity index (χ2n) is 5.58. The fraction of sp³-hybridized carbons (Fsp3) is 0.333. The second-order valence-corrected chi connectivity index (χ2v) is 6.43. The van der Waals surface area contributed by atoms with E-state index in [4.69, 9.17) is 0 Å². The molecule has 1 unspecified atom stereocenters. The number of fused-ring (bicyclic) bond motifs is 1. The van der Waals surface area contributed by atoms with Crippen LogP contribution in [0.3, 0.4) is 0 Å². The van der Waals surface area contributed by atoms with Crippen molar-refractivity contribution in [2.75, 3.05) is 0 Å². The highest BCUT2D eigenvalue weighted by Gasteiger charge is 2.13. The molecule has 0 fully saturated rings. The van der Waals surface area contributed by atoms with E-state index in [0.717, 1.165) is 6.54 Å². The average Bonchev–Trinajstić information content (AvgIpc) is 2.93. The minimum atomic E-state index is 0.382. The van der Waals surface area contributed by atoms with Crippen molar-refractivity contribution in [3.05, 3.63) is 69.2 Å². The van der Waals surface area contributed by atoms with Crippen LogP contribution in [0.4, 0.5) is 0 Å². The molecule has 2 heteroatoms. The SMILES string of the molecule is CC(NCc1ccccc1Br)c1ccc2c(c1)CCC2. The maximum absolute atomic E-state index is 3.62. The largest absolute Gasteiger partial charge is 0.306 e. The van der Waals surface area contributed by atoms with Crippen molar-refractivity contribution in [3.63, 3.8) is 0 Å². The molecule has 0 heterocycles. The van der Waals surface area contributed by atoms with Gasteiger partial charge in [0.1, 0.15) is 0 Å². The molecule has 3 rings (SSSR count). The fourth-order valence-corrected chi connectivity index (χ4v) is 3.31. The van der Waals surface area contributed by atoms with Crippen molar-refractivity contribution in [2.45, 2.75) is 38.8 Å². The maximum atomic E-state index is 3.62. The quantitative estimate of drug-likeness (QED) is 0.850. The van der Waals surface area contributed by atoms with Gasteiger partial charge in [-0.15, -0.1) is 0 Å². The van der Waals surface area contributed by atoms with E-state index in [1.54, 1.807) is 11.1 Å². The molecule has 0 spiro atoms. The molecule has 2 aromatic rings. The number of nitrogens with one attached hydrogen (secondary N) is 1. The van der Waals surface area contributed by atoms with Gasteiger partial charge in [0.15, 0.2) is 0 Å². The summed E-state index contributed by atoms with van der Waals surface area (Å²) in [6.45, 7) is 3.13. The topological polar surface area (TPSA) is 12.0 Å². The van der Waals surface area contributed by atoms with E-state index in [9.17, 15) is 0 Å². The molecule has 1 nitrogen and oxygen atoms in total. The fourth-order valence-electron chi connectivity index (χ4n) is 2.88. The van der Waals surface area contributed by atoms with Crippen molar-refractivity contribution >= 4 is 15.9 Å². The zero-order valence-electron chi connectivity index (χ0n) is 11.8. The molecule has 1 N–H and O–H groups in total. The van der Waals surface area contributed by atoms with Gasteiger partial charge in [-0.25, -0.2) is 0 Å². The second kappa shape index (κ2) is 6.11. The van der Waals surface area contributed by atoms with Crippen LogP contribution in [0.2, 0.25) is 0 Å². The van der Waals surface area contributed by atoms with Crippen LogP contribution in [0.1, 0.15) is 41.6 Å². The molecule has 1 atom stereocenters. The number of hydrogen-bond acceptors (Lipinski definition) is 1. The van der Waals surface area contributed by atoms with Gasteiger partial charge in [0.05, 0.1) is 0 Å². The molecule has 0 aliphatic heterocycles. The smallest absolute Gasteiger partial charge is 0.0295 e. The zero-order valence-corrected chi connectivity index (χ0v) is 13.4. The van der Waals surface area contributed by atoms with Gasteiger partial charge in [-0.1, -0.05) is 52.3 Å². The highest BCUT2D eigenvalue weighted by Crippen LogP contribution is 2.25. The Balaban J connectivity index is 1.67. The van der Waals surface area contributed by atoms with Crippen molar-refractivity contribution < 1.29 is 0 Å². The van der Waals surface area contributed by atoms with Crippen LogP contribution in [0.15, 0.2) is 46.9 Å². The molecule has 1 aliphatic rings. The van der Waals surface area contributed by atoms with E-state index in [0.29, 0.717) is 6.04 Å². The third-order valence-corrected chi connectivity index (χ3v) is 4.95. The predicted molar refractivity (Wildman–Crippen MR) is 87.9 cm³/mol. The number of benzene rings is 2. The summed E-state index contributed by atoms with van der Waals surface area (Å²) in [6, 6.07) is 15.8. The molecule has 1 aliphatic carbocycles. The molecule has 0 radical (unpaired) electrons. The van der Waals surface area contributed by atoms with Gasteiger partial charge in [-0.3, -0.25) is 0 Å². The molecule has 20 heavy (non-hydrogen) atoms. The summed E-state index contributed by atoms with van der Waals surface area (Å²) in [5.74, 6) is 0. The van der Waals surface area contributed by atoms with Gasteiger partial charge in [0, 0.05) is 17.1 Å². The van der Waals surface area contributed by atoms with Gasteiger partial charge in [-0.2, -0.15) is 0 Å². The lowest BCUT2D eigenvalue weighted by Crippen LogP contribution is -2.18. The molecule has 0 saturated heterocycles. The summed E-state index contributed by atoms with van der Waals surface area (Å²) in [4.78, 5) is 0. The first-order valence-electron chi connectivity index (χ1n) is 7.32. The average molecular weight is 330 g/mol. The van der Waals surface area contributed by atoms with Crippen LogP contribution in [-0.4, -0.2) is 0 Å². The van der Waals surface area contributed by atoms with Crippen LogP contribution >= 0.6 is 15.9 Å². The Morgan fingerprint density at radius 1 is 1.10 bits per heavy atom. The highest BCUT2D eigenvalue weighted by atomic mass is 79.9. The van der Waals surface area contributed by atoms with Gasteiger partial charge in [0.25, 0.3) is 0 Å². The van der Waals surface area contributed by atoms with Gasteiger partial charge in [0.2, 0.25) is 0 Å².